The molecule has 2 atom stereocenters. The zero-order chi connectivity index (χ0) is 11.6. The number of rotatable bonds is 3. The molecule has 0 heterocycles. The van der Waals surface area contributed by atoms with Gasteiger partial charge >= 0.3 is 0 Å². The van der Waals surface area contributed by atoms with E-state index in [1.165, 1.54) is 6.07 Å². The molecule has 1 aromatic carbocycles. The van der Waals surface area contributed by atoms with Crippen LogP contribution in [0, 0.1) is 5.82 Å². The highest BCUT2D eigenvalue weighted by molar-refractivity contribution is 9.09. The minimum absolute atomic E-state index is 0.00693. The summed E-state index contributed by atoms with van der Waals surface area (Å²) in [5.41, 5.74) is 0.189. The van der Waals surface area contributed by atoms with Crippen LogP contribution in [-0.2, 0) is 0 Å². The average molecular weight is 318 g/mol. The molecule has 0 aromatic heterocycles. The molecule has 0 bridgehead atoms. The predicted octanol–water partition coefficient (Wildman–Crippen LogP) is 2.92. The van der Waals surface area contributed by atoms with Gasteiger partial charge < -0.3 is 10.2 Å². The molecule has 6 heteroatoms. The van der Waals surface area contributed by atoms with Crippen molar-refractivity contribution in [3.05, 3.63) is 33.6 Å². The van der Waals surface area contributed by atoms with Gasteiger partial charge in [-0.1, -0.05) is 39.1 Å². The second-order valence-electron chi connectivity index (χ2n) is 2.97. The Kier molecular flexibility index (Phi) is 4.80. The van der Waals surface area contributed by atoms with Crippen molar-refractivity contribution in [2.75, 3.05) is 5.33 Å². The van der Waals surface area contributed by atoms with Crippen molar-refractivity contribution >= 4 is 39.1 Å². The van der Waals surface area contributed by atoms with Crippen molar-refractivity contribution in [3.63, 3.8) is 0 Å². The predicted molar refractivity (Wildman–Crippen MR) is 61.2 cm³/mol. The van der Waals surface area contributed by atoms with Gasteiger partial charge in [0, 0.05) is 5.33 Å². The summed E-state index contributed by atoms with van der Waals surface area (Å²) in [7, 11) is 0. The van der Waals surface area contributed by atoms with Crippen LogP contribution < -0.4 is 0 Å². The number of aliphatic hydroxyl groups is 2. The van der Waals surface area contributed by atoms with Gasteiger partial charge in [-0.15, -0.1) is 0 Å². The van der Waals surface area contributed by atoms with E-state index in [0.29, 0.717) is 0 Å². The van der Waals surface area contributed by atoms with E-state index < -0.39 is 18.0 Å². The Balaban J connectivity index is 3.06. The summed E-state index contributed by atoms with van der Waals surface area (Å²) in [5.74, 6) is -0.722. The Labute approximate surface area is 105 Å². The van der Waals surface area contributed by atoms with E-state index in [0.717, 1.165) is 6.07 Å². The highest BCUT2D eigenvalue weighted by atomic mass is 79.9. The summed E-state index contributed by atoms with van der Waals surface area (Å²) in [6, 6.07) is 2.37. The molecule has 2 nitrogen and oxygen atoms in total. The lowest BCUT2D eigenvalue weighted by molar-refractivity contribution is 0.0341. The first kappa shape index (κ1) is 13.2. The molecule has 2 N–H and O–H groups in total. The Hall–Kier alpha value is 0.130. The van der Waals surface area contributed by atoms with E-state index >= 15 is 0 Å². The molecule has 0 amide bonds. The van der Waals surface area contributed by atoms with Crippen molar-refractivity contribution in [3.8, 4) is 0 Å². The highest BCUT2D eigenvalue weighted by Crippen LogP contribution is 2.30. The monoisotopic (exact) mass is 316 g/mol. The molecule has 1 aromatic rings. The van der Waals surface area contributed by atoms with Crippen molar-refractivity contribution < 1.29 is 14.6 Å². The molecule has 0 spiro atoms. The normalized spacial score (nSPS) is 15.1. The van der Waals surface area contributed by atoms with Crippen LogP contribution in [0.4, 0.5) is 4.39 Å². The SMILES string of the molecule is OC(CBr)C(O)c1cc(F)c(Cl)c(Cl)c1. The van der Waals surface area contributed by atoms with Gasteiger partial charge in [-0.2, -0.15) is 0 Å². The molecular weight excluding hydrogens is 310 g/mol. The molecule has 0 radical (unpaired) electrons. The fourth-order valence-electron chi connectivity index (χ4n) is 1.05. The Bertz CT molecular complexity index is 339. The van der Waals surface area contributed by atoms with Crippen LogP contribution in [0.15, 0.2) is 12.1 Å². The number of hydrogen-bond donors (Lipinski definition) is 2. The Morgan fingerprint density at radius 1 is 1.33 bits per heavy atom. The number of halogens is 4. The van der Waals surface area contributed by atoms with Crippen LogP contribution in [0.2, 0.25) is 10.0 Å². The van der Waals surface area contributed by atoms with Gasteiger partial charge in [-0.3, -0.25) is 0 Å². The van der Waals surface area contributed by atoms with Crippen molar-refractivity contribution in [2.24, 2.45) is 0 Å². The number of hydrogen-bond acceptors (Lipinski definition) is 2. The van der Waals surface area contributed by atoms with E-state index in [2.05, 4.69) is 15.9 Å². The molecule has 0 aliphatic carbocycles. The summed E-state index contributed by atoms with van der Waals surface area (Å²) < 4.78 is 13.1. The van der Waals surface area contributed by atoms with Crippen molar-refractivity contribution in [2.45, 2.75) is 12.2 Å². The fraction of sp³-hybridized carbons (Fsp3) is 0.333. The first-order chi connectivity index (χ1) is 6.97. The first-order valence-corrected chi connectivity index (χ1v) is 5.91. The van der Waals surface area contributed by atoms with Gasteiger partial charge in [-0.25, -0.2) is 4.39 Å². The Morgan fingerprint density at radius 3 is 2.40 bits per heavy atom. The van der Waals surface area contributed by atoms with E-state index in [4.69, 9.17) is 23.2 Å². The third kappa shape index (κ3) is 3.04. The molecule has 84 valence electrons. The lowest BCUT2D eigenvalue weighted by Gasteiger charge is -2.16. The zero-order valence-corrected chi connectivity index (χ0v) is 10.5. The molecule has 1 rings (SSSR count). The van der Waals surface area contributed by atoms with E-state index in [-0.39, 0.29) is 20.9 Å². The third-order valence-corrected chi connectivity index (χ3v) is 3.31. The second kappa shape index (κ2) is 5.46. The largest absolute Gasteiger partial charge is 0.389 e. The Morgan fingerprint density at radius 2 is 1.93 bits per heavy atom. The van der Waals surface area contributed by atoms with Crippen molar-refractivity contribution in [1.29, 1.82) is 0 Å². The minimum atomic E-state index is -1.20. The maximum Gasteiger partial charge on any atom is 0.143 e. The van der Waals surface area contributed by atoms with E-state index in [1.807, 2.05) is 0 Å². The van der Waals surface area contributed by atoms with Gasteiger partial charge in [0.25, 0.3) is 0 Å². The smallest absolute Gasteiger partial charge is 0.143 e. The lowest BCUT2D eigenvalue weighted by Crippen LogP contribution is -2.19. The van der Waals surface area contributed by atoms with Crippen LogP contribution in [-0.4, -0.2) is 21.6 Å². The highest BCUT2D eigenvalue weighted by Gasteiger charge is 2.19. The van der Waals surface area contributed by atoms with Gasteiger partial charge in [-0.05, 0) is 17.7 Å². The van der Waals surface area contributed by atoms with Crippen LogP contribution in [0.3, 0.4) is 0 Å². The molecular formula is C9H8BrCl2FO2. The topological polar surface area (TPSA) is 40.5 Å². The van der Waals surface area contributed by atoms with Crippen LogP contribution in [0.5, 0.6) is 0 Å². The minimum Gasteiger partial charge on any atom is -0.389 e. The first-order valence-electron chi connectivity index (χ1n) is 4.04. The molecule has 0 aliphatic heterocycles. The molecule has 15 heavy (non-hydrogen) atoms. The molecule has 0 fully saturated rings. The van der Waals surface area contributed by atoms with E-state index in [1.54, 1.807) is 0 Å². The average Bonchev–Trinajstić information content (AvgIpc) is 2.23. The molecule has 0 saturated heterocycles. The zero-order valence-electron chi connectivity index (χ0n) is 7.42. The van der Waals surface area contributed by atoms with Crippen LogP contribution in [0.1, 0.15) is 11.7 Å². The maximum absolute atomic E-state index is 13.1. The number of aliphatic hydroxyl groups excluding tert-OH is 2. The van der Waals surface area contributed by atoms with E-state index in [9.17, 15) is 14.6 Å². The third-order valence-electron chi connectivity index (χ3n) is 1.87. The summed E-state index contributed by atoms with van der Waals surface area (Å²) in [5, 5.41) is 18.9. The fourth-order valence-corrected chi connectivity index (χ4v) is 1.73. The standard InChI is InChI=1S/C9H8BrCl2FO2/c10-3-7(14)9(15)4-1-5(11)8(12)6(13)2-4/h1-2,7,9,14-15H,3H2. The summed E-state index contributed by atoms with van der Waals surface area (Å²) in [6.07, 6.45) is -2.23. The molecule has 2 unspecified atom stereocenters. The number of alkyl halides is 1. The quantitative estimate of drug-likeness (QED) is 0.665. The van der Waals surface area contributed by atoms with Gasteiger partial charge in [0.15, 0.2) is 0 Å². The summed E-state index contributed by atoms with van der Waals surface area (Å²) in [4.78, 5) is 0. The van der Waals surface area contributed by atoms with Crippen LogP contribution >= 0.6 is 39.1 Å². The molecule has 0 aliphatic rings. The van der Waals surface area contributed by atoms with Crippen molar-refractivity contribution in [1.82, 2.24) is 0 Å². The molecule has 0 saturated carbocycles. The maximum atomic E-state index is 13.1. The van der Waals surface area contributed by atoms with Crippen LogP contribution in [0.25, 0.3) is 0 Å². The summed E-state index contributed by atoms with van der Waals surface area (Å²) >= 11 is 14.1. The summed E-state index contributed by atoms with van der Waals surface area (Å²) in [6.45, 7) is 0. The second-order valence-corrected chi connectivity index (χ2v) is 4.40. The number of benzene rings is 1. The van der Waals surface area contributed by atoms with Gasteiger partial charge in [0.1, 0.15) is 11.9 Å². The van der Waals surface area contributed by atoms with Gasteiger partial charge in [0.05, 0.1) is 16.1 Å². The van der Waals surface area contributed by atoms with Gasteiger partial charge in [0.2, 0.25) is 0 Å². The lowest BCUT2D eigenvalue weighted by atomic mass is 10.1.